The molecule has 0 fully saturated rings. The Morgan fingerprint density at radius 1 is 1.29 bits per heavy atom. The Labute approximate surface area is 101 Å². The Hall–Kier alpha value is -1.58. The molecule has 1 unspecified atom stereocenters. The standard InChI is InChI=1S/C13H19FN2O/c1-8(2)9(3)15-11-5-6-12(14)13(7-11)16-10(4)17/h5-9,15H,1-4H3,(H,16,17). The quantitative estimate of drug-likeness (QED) is 0.845. The van der Waals surface area contributed by atoms with Gasteiger partial charge in [-0.2, -0.15) is 0 Å². The van der Waals surface area contributed by atoms with Gasteiger partial charge in [0.05, 0.1) is 5.69 Å². The van der Waals surface area contributed by atoms with Gasteiger partial charge in [0.25, 0.3) is 0 Å². The van der Waals surface area contributed by atoms with Gasteiger partial charge in [-0.3, -0.25) is 4.79 Å². The Morgan fingerprint density at radius 3 is 2.47 bits per heavy atom. The van der Waals surface area contributed by atoms with E-state index >= 15 is 0 Å². The minimum absolute atomic E-state index is 0.207. The molecule has 1 amide bonds. The lowest BCUT2D eigenvalue weighted by atomic mass is 10.1. The number of anilines is 2. The summed E-state index contributed by atoms with van der Waals surface area (Å²) in [4.78, 5) is 10.9. The molecule has 1 rings (SSSR count). The van der Waals surface area contributed by atoms with Gasteiger partial charge in [0, 0.05) is 18.7 Å². The number of benzene rings is 1. The summed E-state index contributed by atoms with van der Waals surface area (Å²) in [5, 5.41) is 5.73. The molecule has 3 nitrogen and oxygen atoms in total. The fourth-order valence-corrected chi connectivity index (χ4v) is 1.33. The average Bonchev–Trinajstić information content (AvgIpc) is 2.22. The van der Waals surface area contributed by atoms with Crippen molar-refractivity contribution in [1.82, 2.24) is 0 Å². The summed E-state index contributed by atoms with van der Waals surface area (Å²) in [5.74, 6) is -0.231. The van der Waals surface area contributed by atoms with Gasteiger partial charge < -0.3 is 10.6 Å². The topological polar surface area (TPSA) is 41.1 Å². The van der Waals surface area contributed by atoms with Crippen molar-refractivity contribution in [3.8, 4) is 0 Å². The van der Waals surface area contributed by atoms with Crippen LogP contribution in [0, 0.1) is 11.7 Å². The predicted molar refractivity (Wildman–Crippen MR) is 68.6 cm³/mol. The normalized spacial score (nSPS) is 12.4. The van der Waals surface area contributed by atoms with E-state index in [2.05, 4.69) is 31.4 Å². The molecule has 0 aliphatic rings. The number of carbonyl (C=O) groups excluding carboxylic acids is 1. The summed E-state index contributed by atoms with van der Waals surface area (Å²) < 4.78 is 13.4. The molecule has 0 bridgehead atoms. The maximum Gasteiger partial charge on any atom is 0.221 e. The summed E-state index contributed by atoms with van der Waals surface area (Å²) in [6, 6.07) is 4.90. The SMILES string of the molecule is CC(=O)Nc1cc(NC(C)C(C)C)ccc1F. The number of carbonyl (C=O) groups is 1. The zero-order chi connectivity index (χ0) is 13.0. The molecule has 4 heteroatoms. The second-order valence-electron chi connectivity index (χ2n) is 4.55. The molecule has 1 aromatic rings. The zero-order valence-corrected chi connectivity index (χ0v) is 10.7. The van der Waals surface area contributed by atoms with Crippen molar-refractivity contribution in [3.05, 3.63) is 24.0 Å². The molecular weight excluding hydrogens is 219 g/mol. The monoisotopic (exact) mass is 238 g/mol. The van der Waals surface area contributed by atoms with Crippen LogP contribution in [0.5, 0.6) is 0 Å². The van der Waals surface area contributed by atoms with E-state index < -0.39 is 5.82 Å². The lowest BCUT2D eigenvalue weighted by molar-refractivity contribution is -0.114. The van der Waals surface area contributed by atoms with E-state index in [9.17, 15) is 9.18 Å². The van der Waals surface area contributed by atoms with Gasteiger partial charge in [-0.1, -0.05) is 13.8 Å². The molecule has 2 N–H and O–H groups in total. The Kier molecular flexibility index (Phi) is 4.49. The molecule has 0 spiro atoms. The Bertz CT molecular complexity index is 404. The van der Waals surface area contributed by atoms with E-state index in [-0.39, 0.29) is 17.6 Å². The highest BCUT2D eigenvalue weighted by Gasteiger charge is 2.09. The third kappa shape index (κ3) is 4.06. The smallest absolute Gasteiger partial charge is 0.221 e. The van der Waals surface area contributed by atoms with Gasteiger partial charge in [-0.05, 0) is 31.0 Å². The molecule has 0 heterocycles. The minimum Gasteiger partial charge on any atom is -0.382 e. The first kappa shape index (κ1) is 13.5. The predicted octanol–water partition coefficient (Wildman–Crippen LogP) is 3.24. The minimum atomic E-state index is -0.428. The molecule has 94 valence electrons. The molecule has 1 aromatic carbocycles. The van der Waals surface area contributed by atoms with Crippen LogP contribution in [-0.2, 0) is 4.79 Å². The van der Waals surface area contributed by atoms with E-state index in [1.807, 2.05) is 0 Å². The van der Waals surface area contributed by atoms with Crippen LogP contribution in [0.4, 0.5) is 15.8 Å². The van der Waals surface area contributed by atoms with Crippen LogP contribution in [0.25, 0.3) is 0 Å². The summed E-state index contributed by atoms with van der Waals surface area (Å²) in [6.07, 6.45) is 0. The Balaban J connectivity index is 2.84. The largest absolute Gasteiger partial charge is 0.382 e. The molecule has 0 aliphatic heterocycles. The van der Waals surface area contributed by atoms with Crippen molar-refractivity contribution in [1.29, 1.82) is 0 Å². The molecule has 0 saturated carbocycles. The molecular formula is C13H19FN2O. The van der Waals surface area contributed by atoms with E-state index in [4.69, 9.17) is 0 Å². The second kappa shape index (κ2) is 5.66. The number of rotatable bonds is 4. The van der Waals surface area contributed by atoms with Gasteiger partial charge in [-0.25, -0.2) is 4.39 Å². The average molecular weight is 238 g/mol. The van der Waals surface area contributed by atoms with Crippen molar-refractivity contribution >= 4 is 17.3 Å². The fourth-order valence-electron chi connectivity index (χ4n) is 1.33. The van der Waals surface area contributed by atoms with Crippen molar-refractivity contribution in [2.24, 2.45) is 5.92 Å². The molecule has 1 atom stereocenters. The highest BCUT2D eigenvalue weighted by atomic mass is 19.1. The summed E-state index contributed by atoms with van der Waals surface area (Å²) in [7, 11) is 0. The van der Waals surface area contributed by atoms with Gasteiger partial charge in [0.1, 0.15) is 5.82 Å². The van der Waals surface area contributed by atoms with Crippen LogP contribution in [0.1, 0.15) is 27.7 Å². The van der Waals surface area contributed by atoms with E-state index in [0.29, 0.717) is 5.92 Å². The van der Waals surface area contributed by atoms with Crippen LogP contribution < -0.4 is 10.6 Å². The van der Waals surface area contributed by atoms with Gasteiger partial charge in [0.15, 0.2) is 0 Å². The number of nitrogens with one attached hydrogen (secondary N) is 2. The molecule has 0 aliphatic carbocycles. The molecule has 17 heavy (non-hydrogen) atoms. The summed E-state index contributed by atoms with van der Waals surface area (Å²) in [5.41, 5.74) is 1.01. The number of amides is 1. The van der Waals surface area contributed by atoms with E-state index in [1.54, 1.807) is 12.1 Å². The first-order valence-electron chi connectivity index (χ1n) is 5.74. The van der Waals surface area contributed by atoms with Crippen molar-refractivity contribution in [2.75, 3.05) is 10.6 Å². The van der Waals surface area contributed by atoms with Crippen LogP contribution in [0.2, 0.25) is 0 Å². The maximum atomic E-state index is 13.4. The fraction of sp³-hybridized carbons (Fsp3) is 0.462. The summed E-state index contributed by atoms with van der Waals surface area (Å²) in [6.45, 7) is 7.63. The van der Waals surface area contributed by atoms with Crippen molar-refractivity contribution in [2.45, 2.75) is 33.7 Å². The van der Waals surface area contributed by atoms with E-state index in [0.717, 1.165) is 5.69 Å². The molecule has 0 saturated heterocycles. The number of hydrogen-bond acceptors (Lipinski definition) is 2. The number of halogens is 1. The molecule has 0 aromatic heterocycles. The highest BCUT2D eigenvalue weighted by molar-refractivity contribution is 5.89. The lowest BCUT2D eigenvalue weighted by Gasteiger charge is -2.19. The van der Waals surface area contributed by atoms with Crippen LogP contribution in [0.3, 0.4) is 0 Å². The van der Waals surface area contributed by atoms with Crippen molar-refractivity contribution < 1.29 is 9.18 Å². The van der Waals surface area contributed by atoms with Gasteiger partial charge >= 0.3 is 0 Å². The zero-order valence-electron chi connectivity index (χ0n) is 10.7. The van der Waals surface area contributed by atoms with E-state index in [1.165, 1.54) is 13.0 Å². The number of hydrogen-bond donors (Lipinski definition) is 2. The first-order chi connectivity index (χ1) is 7.90. The Morgan fingerprint density at radius 2 is 1.94 bits per heavy atom. The van der Waals surface area contributed by atoms with Gasteiger partial charge in [0.2, 0.25) is 5.91 Å². The third-order valence-electron chi connectivity index (χ3n) is 2.67. The second-order valence-corrected chi connectivity index (χ2v) is 4.55. The van der Waals surface area contributed by atoms with Gasteiger partial charge in [-0.15, -0.1) is 0 Å². The van der Waals surface area contributed by atoms with Crippen LogP contribution >= 0.6 is 0 Å². The van der Waals surface area contributed by atoms with Crippen molar-refractivity contribution in [3.63, 3.8) is 0 Å². The van der Waals surface area contributed by atoms with Crippen LogP contribution in [0.15, 0.2) is 18.2 Å². The summed E-state index contributed by atoms with van der Waals surface area (Å²) >= 11 is 0. The highest BCUT2D eigenvalue weighted by Crippen LogP contribution is 2.21. The lowest BCUT2D eigenvalue weighted by Crippen LogP contribution is -2.21. The maximum absolute atomic E-state index is 13.4. The molecule has 0 radical (unpaired) electrons. The van der Waals surface area contributed by atoms with Crippen LogP contribution in [-0.4, -0.2) is 11.9 Å². The third-order valence-corrected chi connectivity index (χ3v) is 2.67. The first-order valence-corrected chi connectivity index (χ1v) is 5.74.